The van der Waals surface area contributed by atoms with Crippen molar-refractivity contribution >= 4 is 10.0 Å². The highest BCUT2D eigenvalue weighted by Crippen LogP contribution is 2.31. The van der Waals surface area contributed by atoms with E-state index in [9.17, 15) is 8.42 Å². The van der Waals surface area contributed by atoms with Crippen LogP contribution < -0.4 is 10.0 Å². The monoisotopic (exact) mass is 246 g/mol. The Balaban J connectivity index is 1.68. The van der Waals surface area contributed by atoms with Crippen molar-refractivity contribution in [3.63, 3.8) is 0 Å². The van der Waals surface area contributed by atoms with Gasteiger partial charge in [0.05, 0.1) is 5.75 Å². The predicted octanol–water partition coefficient (Wildman–Crippen LogP) is 0.705. The maximum Gasteiger partial charge on any atom is 0.211 e. The maximum atomic E-state index is 11.8. The fourth-order valence-electron chi connectivity index (χ4n) is 2.24. The van der Waals surface area contributed by atoms with Gasteiger partial charge in [-0.15, -0.1) is 0 Å². The Hall–Kier alpha value is -0.130. The molecular weight excluding hydrogens is 224 g/mol. The fourth-order valence-corrected chi connectivity index (χ4v) is 3.74. The lowest BCUT2D eigenvalue weighted by atomic mass is 10.0. The average Bonchev–Trinajstić information content (AvgIpc) is 3.02. The van der Waals surface area contributed by atoms with Crippen LogP contribution in [0.1, 0.15) is 32.1 Å². The van der Waals surface area contributed by atoms with Crippen LogP contribution in [0.3, 0.4) is 0 Å². The Morgan fingerprint density at radius 3 is 2.38 bits per heavy atom. The summed E-state index contributed by atoms with van der Waals surface area (Å²) in [6.45, 7) is 2.56. The van der Waals surface area contributed by atoms with Crippen LogP contribution in [0.25, 0.3) is 0 Å². The molecule has 0 bridgehead atoms. The van der Waals surface area contributed by atoms with Gasteiger partial charge in [-0.3, -0.25) is 0 Å². The van der Waals surface area contributed by atoms with Crippen LogP contribution in [-0.4, -0.2) is 33.8 Å². The first-order chi connectivity index (χ1) is 7.66. The molecule has 0 aromatic heterocycles. The summed E-state index contributed by atoms with van der Waals surface area (Å²) in [7, 11) is -3.03. The van der Waals surface area contributed by atoms with E-state index in [1.54, 1.807) is 0 Å². The van der Waals surface area contributed by atoms with E-state index < -0.39 is 10.0 Å². The standard InChI is InChI=1S/C11H22N2O2S/c14-16(15,13-8-5-10-1-2-10)9-11-3-6-12-7-4-11/h10-13H,1-9H2. The molecule has 0 atom stereocenters. The molecule has 0 radical (unpaired) electrons. The van der Waals surface area contributed by atoms with Crippen LogP contribution in [0.4, 0.5) is 0 Å². The topological polar surface area (TPSA) is 58.2 Å². The molecule has 2 rings (SSSR count). The zero-order chi connectivity index (χ0) is 11.4. The van der Waals surface area contributed by atoms with Crippen molar-refractivity contribution in [1.29, 1.82) is 0 Å². The first kappa shape index (κ1) is 12.3. The normalized spacial score (nSPS) is 23.5. The van der Waals surface area contributed by atoms with Crippen LogP contribution in [0.2, 0.25) is 0 Å². The zero-order valence-electron chi connectivity index (χ0n) is 9.74. The summed E-state index contributed by atoms with van der Waals surface area (Å²) >= 11 is 0. The summed E-state index contributed by atoms with van der Waals surface area (Å²) in [5.41, 5.74) is 0. The second-order valence-electron chi connectivity index (χ2n) is 5.10. The third-order valence-electron chi connectivity index (χ3n) is 3.49. The van der Waals surface area contributed by atoms with Gasteiger partial charge < -0.3 is 5.32 Å². The summed E-state index contributed by atoms with van der Waals surface area (Å²) in [5.74, 6) is 1.46. The minimum Gasteiger partial charge on any atom is -0.317 e. The number of rotatable bonds is 6. The smallest absolute Gasteiger partial charge is 0.211 e. The lowest BCUT2D eigenvalue weighted by Crippen LogP contribution is -2.36. The number of nitrogens with one attached hydrogen (secondary N) is 2. The first-order valence-corrected chi connectivity index (χ1v) is 7.99. The molecule has 1 aliphatic carbocycles. The molecule has 1 saturated carbocycles. The van der Waals surface area contributed by atoms with E-state index in [1.165, 1.54) is 12.8 Å². The lowest BCUT2D eigenvalue weighted by molar-refractivity contribution is 0.400. The number of piperidine rings is 1. The molecule has 4 nitrogen and oxygen atoms in total. The molecule has 2 aliphatic rings. The van der Waals surface area contributed by atoms with Crippen molar-refractivity contribution in [3.8, 4) is 0 Å². The first-order valence-electron chi connectivity index (χ1n) is 6.34. The Morgan fingerprint density at radius 2 is 1.75 bits per heavy atom. The molecule has 94 valence electrons. The van der Waals surface area contributed by atoms with Gasteiger partial charge in [-0.1, -0.05) is 12.8 Å². The maximum absolute atomic E-state index is 11.8. The highest BCUT2D eigenvalue weighted by Gasteiger charge is 2.23. The summed E-state index contributed by atoms with van der Waals surface area (Å²) in [6, 6.07) is 0. The van der Waals surface area contributed by atoms with Gasteiger partial charge >= 0.3 is 0 Å². The zero-order valence-corrected chi connectivity index (χ0v) is 10.6. The third-order valence-corrected chi connectivity index (χ3v) is 5.04. The summed E-state index contributed by atoms with van der Waals surface area (Å²) in [6.07, 6.45) is 5.57. The number of hydrogen-bond donors (Lipinski definition) is 2. The lowest BCUT2D eigenvalue weighted by Gasteiger charge is -2.22. The van der Waals surface area contributed by atoms with E-state index in [4.69, 9.17) is 0 Å². The largest absolute Gasteiger partial charge is 0.317 e. The van der Waals surface area contributed by atoms with E-state index >= 15 is 0 Å². The van der Waals surface area contributed by atoms with Gasteiger partial charge in [0.25, 0.3) is 0 Å². The molecule has 2 fully saturated rings. The van der Waals surface area contributed by atoms with Crippen LogP contribution in [-0.2, 0) is 10.0 Å². The molecule has 0 aromatic carbocycles. The molecule has 1 aliphatic heterocycles. The van der Waals surface area contributed by atoms with Gasteiger partial charge in [-0.2, -0.15) is 0 Å². The molecular formula is C11H22N2O2S. The molecule has 1 saturated heterocycles. The van der Waals surface area contributed by atoms with E-state index in [-0.39, 0.29) is 0 Å². The van der Waals surface area contributed by atoms with E-state index in [1.807, 2.05) is 0 Å². The highest BCUT2D eigenvalue weighted by molar-refractivity contribution is 7.89. The molecule has 1 heterocycles. The van der Waals surface area contributed by atoms with Crippen LogP contribution in [0, 0.1) is 11.8 Å². The van der Waals surface area contributed by atoms with E-state index in [0.717, 1.165) is 38.3 Å². The SMILES string of the molecule is O=S(=O)(CC1CCNCC1)NCCC1CC1. The Bertz CT molecular complexity index is 306. The van der Waals surface area contributed by atoms with Gasteiger partial charge in [0, 0.05) is 6.54 Å². The van der Waals surface area contributed by atoms with Crippen LogP contribution >= 0.6 is 0 Å². The fraction of sp³-hybridized carbons (Fsp3) is 1.00. The Labute approximate surface area is 98.2 Å². The molecule has 0 spiro atoms. The average molecular weight is 246 g/mol. The molecule has 2 N–H and O–H groups in total. The highest BCUT2D eigenvalue weighted by atomic mass is 32.2. The number of sulfonamides is 1. The van der Waals surface area contributed by atoms with Gasteiger partial charge in [0.15, 0.2) is 0 Å². The molecule has 5 heteroatoms. The summed E-state index contributed by atoms with van der Waals surface area (Å²) in [5, 5.41) is 3.25. The number of hydrogen-bond acceptors (Lipinski definition) is 3. The molecule has 0 aromatic rings. The minimum absolute atomic E-state index is 0.319. The third kappa shape index (κ3) is 4.39. The van der Waals surface area contributed by atoms with Gasteiger partial charge in [0.2, 0.25) is 10.0 Å². The predicted molar refractivity (Wildman–Crippen MR) is 64.7 cm³/mol. The van der Waals surface area contributed by atoms with E-state index in [2.05, 4.69) is 10.0 Å². The summed E-state index contributed by atoms with van der Waals surface area (Å²) in [4.78, 5) is 0. The second kappa shape index (κ2) is 5.47. The van der Waals surface area contributed by atoms with E-state index in [0.29, 0.717) is 18.2 Å². The Kier molecular flexibility index (Phi) is 4.21. The van der Waals surface area contributed by atoms with Crippen molar-refractivity contribution in [3.05, 3.63) is 0 Å². The Morgan fingerprint density at radius 1 is 1.06 bits per heavy atom. The van der Waals surface area contributed by atoms with Gasteiger partial charge in [-0.25, -0.2) is 13.1 Å². The van der Waals surface area contributed by atoms with Crippen LogP contribution in [0.5, 0.6) is 0 Å². The molecule has 0 unspecified atom stereocenters. The van der Waals surface area contributed by atoms with Crippen molar-refractivity contribution < 1.29 is 8.42 Å². The quantitative estimate of drug-likeness (QED) is 0.725. The van der Waals surface area contributed by atoms with Gasteiger partial charge in [-0.05, 0) is 44.2 Å². The van der Waals surface area contributed by atoms with Crippen molar-refractivity contribution in [2.45, 2.75) is 32.1 Å². The van der Waals surface area contributed by atoms with Crippen molar-refractivity contribution in [2.75, 3.05) is 25.4 Å². The van der Waals surface area contributed by atoms with Gasteiger partial charge in [0.1, 0.15) is 0 Å². The van der Waals surface area contributed by atoms with Crippen molar-refractivity contribution in [1.82, 2.24) is 10.0 Å². The second-order valence-corrected chi connectivity index (χ2v) is 6.95. The molecule has 0 amide bonds. The van der Waals surface area contributed by atoms with Crippen LogP contribution in [0.15, 0.2) is 0 Å². The molecule has 16 heavy (non-hydrogen) atoms. The summed E-state index contributed by atoms with van der Waals surface area (Å²) < 4.78 is 26.3. The minimum atomic E-state index is -3.03. The van der Waals surface area contributed by atoms with Crippen molar-refractivity contribution in [2.24, 2.45) is 11.8 Å².